The smallest absolute Gasteiger partial charge is 0.0856 e. The van der Waals surface area contributed by atoms with E-state index in [9.17, 15) is 5.21 Å². The van der Waals surface area contributed by atoms with Crippen molar-refractivity contribution >= 4 is 0 Å². The van der Waals surface area contributed by atoms with Crippen LogP contribution in [-0.4, -0.2) is 6.04 Å². The Kier molecular flexibility index (Phi) is 11.9. The largest absolute Gasteiger partial charge is 0.636 e. The van der Waals surface area contributed by atoms with Crippen LogP contribution >= 0.6 is 0 Å². The molecule has 0 spiro atoms. The fourth-order valence-corrected chi connectivity index (χ4v) is 1.95. The van der Waals surface area contributed by atoms with Gasteiger partial charge in [-0.3, -0.25) is 0 Å². The van der Waals surface area contributed by atoms with Gasteiger partial charge in [0.15, 0.2) is 0 Å². The Bertz CT molecular complexity index is 105. The number of hydroxylamine groups is 1. The summed E-state index contributed by atoms with van der Waals surface area (Å²) in [6, 6.07) is 0.346. The predicted molar refractivity (Wildman–Crippen MR) is 66.6 cm³/mol. The van der Waals surface area contributed by atoms with E-state index >= 15 is 0 Å². The van der Waals surface area contributed by atoms with Gasteiger partial charge in [0.2, 0.25) is 0 Å². The van der Waals surface area contributed by atoms with Crippen LogP contribution in [0.15, 0.2) is 0 Å². The summed E-state index contributed by atoms with van der Waals surface area (Å²) in [4.78, 5) is 0. The lowest BCUT2D eigenvalue weighted by molar-refractivity contribution is -0.629. The lowest BCUT2D eigenvalue weighted by Gasteiger charge is -2.16. The summed E-state index contributed by atoms with van der Waals surface area (Å²) in [6.07, 6.45) is 12.5. The third kappa shape index (κ3) is 10.2. The number of hydrogen-bond acceptors (Lipinski definition) is 1. The van der Waals surface area contributed by atoms with E-state index in [0.717, 1.165) is 12.8 Å². The van der Waals surface area contributed by atoms with Crippen molar-refractivity contribution in [1.29, 1.82) is 0 Å². The molecule has 0 unspecified atom stereocenters. The molecule has 0 fully saturated rings. The van der Waals surface area contributed by atoms with Crippen LogP contribution in [0.5, 0.6) is 0 Å². The fraction of sp³-hybridized carbons (Fsp3) is 1.00. The van der Waals surface area contributed by atoms with Crippen molar-refractivity contribution in [3.05, 3.63) is 5.21 Å². The monoisotopic (exact) mass is 215 g/mol. The second-order valence-electron chi connectivity index (χ2n) is 4.59. The minimum absolute atomic E-state index is 0.346. The average molecular weight is 215 g/mol. The molecule has 0 aromatic rings. The second kappa shape index (κ2) is 12.0. The third-order valence-corrected chi connectivity index (χ3v) is 3.05. The Morgan fingerprint density at radius 3 is 1.60 bits per heavy atom. The van der Waals surface area contributed by atoms with E-state index in [1.807, 2.05) is 0 Å². The Labute approximate surface area is 95.4 Å². The van der Waals surface area contributed by atoms with Crippen LogP contribution in [0.3, 0.4) is 0 Å². The molecule has 0 saturated heterocycles. The molecule has 0 amide bonds. The first kappa shape index (κ1) is 14.9. The van der Waals surface area contributed by atoms with Crippen LogP contribution in [-0.2, 0) is 0 Å². The Morgan fingerprint density at radius 1 is 0.800 bits per heavy atom. The van der Waals surface area contributed by atoms with Gasteiger partial charge in [-0.25, -0.2) is 0 Å². The zero-order valence-corrected chi connectivity index (χ0v) is 10.6. The van der Waals surface area contributed by atoms with Gasteiger partial charge in [-0.05, 0) is 25.7 Å². The first-order chi connectivity index (χ1) is 7.35. The number of nitrogens with two attached hydrogens (primary N) is 1. The van der Waals surface area contributed by atoms with Crippen LogP contribution in [0, 0.1) is 5.21 Å². The molecule has 2 N–H and O–H groups in total. The van der Waals surface area contributed by atoms with Gasteiger partial charge in [-0.2, -0.15) is 0 Å². The highest BCUT2D eigenvalue weighted by Crippen LogP contribution is 2.09. The minimum Gasteiger partial charge on any atom is -0.636 e. The molecule has 0 atom stereocenters. The standard InChI is InChI=1S/C13H29NO/c1-3-5-7-9-11-13(14-15)12-10-8-6-4-2/h13H,3-12,14H2,1-2H3. The number of unbranched alkanes of at least 4 members (excludes halogenated alkanes) is 6. The van der Waals surface area contributed by atoms with E-state index in [1.54, 1.807) is 0 Å². The zero-order chi connectivity index (χ0) is 11.4. The van der Waals surface area contributed by atoms with E-state index < -0.39 is 0 Å². The maximum Gasteiger partial charge on any atom is 0.0856 e. The zero-order valence-electron chi connectivity index (χ0n) is 10.6. The number of rotatable bonds is 11. The van der Waals surface area contributed by atoms with Gasteiger partial charge in [0.05, 0.1) is 6.04 Å². The summed E-state index contributed by atoms with van der Waals surface area (Å²) in [5, 5.41) is 10.8. The topological polar surface area (TPSA) is 39.7 Å². The van der Waals surface area contributed by atoms with Crippen molar-refractivity contribution in [3.8, 4) is 0 Å². The molecule has 0 saturated carbocycles. The van der Waals surface area contributed by atoms with Gasteiger partial charge in [0.1, 0.15) is 0 Å². The van der Waals surface area contributed by atoms with Crippen LogP contribution in [0.2, 0.25) is 0 Å². The molecule has 0 rings (SSSR count). The molecule has 2 nitrogen and oxygen atoms in total. The summed E-state index contributed by atoms with van der Waals surface area (Å²) < 4.78 is 0. The van der Waals surface area contributed by atoms with E-state index in [-0.39, 0.29) is 0 Å². The third-order valence-electron chi connectivity index (χ3n) is 3.05. The van der Waals surface area contributed by atoms with Gasteiger partial charge in [0.25, 0.3) is 0 Å². The maximum absolute atomic E-state index is 10.8. The lowest BCUT2D eigenvalue weighted by atomic mass is 10.0. The van der Waals surface area contributed by atoms with Crippen LogP contribution in [0.25, 0.3) is 0 Å². The molecule has 0 aromatic carbocycles. The van der Waals surface area contributed by atoms with E-state index in [4.69, 9.17) is 0 Å². The molecule has 0 bridgehead atoms. The molecule has 0 aliphatic rings. The van der Waals surface area contributed by atoms with Gasteiger partial charge >= 0.3 is 0 Å². The summed E-state index contributed by atoms with van der Waals surface area (Å²) in [5.41, 5.74) is 1.18. The lowest BCUT2D eigenvalue weighted by Crippen LogP contribution is -2.84. The predicted octanol–water partition coefficient (Wildman–Crippen LogP) is 3.36. The highest BCUT2D eigenvalue weighted by Gasteiger charge is 2.06. The molecule has 0 heterocycles. The Hall–Kier alpha value is -0.0800. The SMILES string of the molecule is CCCCCCC(CCCCCC)[NH2+][O-]. The molecule has 15 heavy (non-hydrogen) atoms. The minimum atomic E-state index is 0.346. The van der Waals surface area contributed by atoms with Crippen molar-refractivity contribution in [2.45, 2.75) is 84.1 Å². The molecule has 0 aliphatic carbocycles. The number of hydrogen-bond donors (Lipinski definition) is 1. The van der Waals surface area contributed by atoms with Crippen molar-refractivity contribution in [2.75, 3.05) is 0 Å². The molecular formula is C13H29NO. The van der Waals surface area contributed by atoms with Crippen LogP contribution in [0.4, 0.5) is 0 Å². The molecule has 0 aromatic heterocycles. The Morgan fingerprint density at radius 2 is 1.27 bits per heavy atom. The van der Waals surface area contributed by atoms with Crippen LogP contribution < -0.4 is 5.48 Å². The average Bonchev–Trinajstić information content (AvgIpc) is 2.27. The van der Waals surface area contributed by atoms with E-state index in [1.165, 1.54) is 56.8 Å². The first-order valence-electron chi connectivity index (χ1n) is 6.80. The molecule has 0 radical (unpaired) electrons. The second-order valence-corrected chi connectivity index (χ2v) is 4.59. The quantitative estimate of drug-likeness (QED) is 0.416. The van der Waals surface area contributed by atoms with Crippen molar-refractivity contribution < 1.29 is 5.48 Å². The summed E-state index contributed by atoms with van der Waals surface area (Å²) in [5.74, 6) is 0. The van der Waals surface area contributed by atoms with Crippen LogP contribution in [0.1, 0.15) is 78.1 Å². The number of quaternary nitrogens is 1. The summed E-state index contributed by atoms with van der Waals surface area (Å²) in [6.45, 7) is 4.45. The fourth-order valence-electron chi connectivity index (χ4n) is 1.95. The van der Waals surface area contributed by atoms with Gasteiger partial charge in [-0.15, -0.1) is 0 Å². The summed E-state index contributed by atoms with van der Waals surface area (Å²) in [7, 11) is 0. The molecule has 0 aliphatic heterocycles. The van der Waals surface area contributed by atoms with Crippen molar-refractivity contribution in [3.63, 3.8) is 0 Å². The van der Waals surface area contributed by atoms with Crippen molar-refractivity contribution in [2.24, 2.45) is 0 Å². The van der Waals surface area contributed by atoms with E-state index in [2.05, 4.69) is 13.8 Å². The van der Waals surface area contributed by atoms with Crippen molar-refractivity contribution in [1.82, 2.24) is 0 Å². The summed E-state index contributed by atoms with van der Waals surface area (Å²) >= 11 is 0. The molecule has 92 valence electrons. The molecular weight excluding hydrogens is 186 g/mol. The highest BCUT2D eigenvalue weighted by molar-refractivity contribution is 4.56. The highest BCUT2D eigenvalue weighted by atomic mass is 16.5. The van der Waals surface area contributed by atoms with Gasteiger partial charge < -0.3 is 10.7 Å². The maximum atomic E-state index is 10.8. The van der Waals surface area contributed by atoms with Gasteiger partial charge in [0, 0.05) is 0 Å². The normalized spacial score (nSPS) is 11.2. The molecule has 2 heteroatoms. The Balaban J connectivity index is 3.29. The van der Waals surface area contributed by atoms with E-state index in [0.29, 0.717) is 6.04 Å². The first-order valence-corrected chi connectivity index (χ1v) is 6.80. The van der Waals surface area contributed by atoms with Gasteiger partial charge in [-0.1, -0.05) is 52.4 Å².